The van der Waals surface area contributed by atoms with Crippen LogP contribution in [0.2, 0.25) is 0 Å². The van der Waals surface area contributed by atoms with Crippen molar-refractivity contribution in [1.82, 2.24) is 4.98 Å². The molecule has 0 unspecified atom stereocenters. The van der Waals surface area contributed by atoms with Crippen molar-refractivity contribution in [3.8, 4) is 16.9 Å². The molecule has 20 heavy (non-hydrogen) atoms. The van der Waals surface area contributed by atoms with Crippen LogP contribution in [-0.2, 0) is 0 Å². The van der Waals surface area contributed by atoms with Gasteiger partial charge in [-0.15, -0.1) is 0 Å². The fourth-order valence-corrected chi connectivity index (χ4v) is 3.04. The maximum atomic E-state index is 5.35. The van der Waals surface area contributed by atoms with Crippen LogP contribution in [0.5, 0.6) is 5.75 Å². The van der Waals surface area contributed by atoms with Gasteiger partial charge in [0.1, 0.15) is 5.75 Å². The molecule has 0 saturated carbocycles. The molecule has 0 amide bonds. The van der Waals surface area contributed by atoms with Gasteiger partial charge in [-0.2, -0.15) is 0 Å². The lowest BCUT2D eigenvalue weighted by atomic mass is 9.93. The van der Waals surface area contributed by atoms with Gasteiger partial charge in [-0.25, -0.2) is 0 Å². The molecule has 0 aliphatic rings. The van der Waals surface area contributed by atoms with Gasteiger partial charge >= 0.3 is 0 Å². The number of aromatic nitrogens is 1. The fraction of sp³-hybridized carbons (Fsp3) is 0.222. The van der Waals surface area contributed by atoms with Crippen molar-refractivity contribution < 1.29 is 4.74 Å². The molecule has 0 spiro atoms. The van der Waals surface area contributed by atoms with E-state index < -0.39 is 0 Å². The first-order chi connectivity index (χ1) is 9.60. The van der Waals surface area contributed by atoms with E-state index in [1.54, 1.807) is 7.11 Å². The number of hydrogen-bond donors (Lipinski definition) is 1. The Balaban J connectivity index is 2.30. The van der Waals surface area contributed by atoms with Crippen molar-refractivity contribution in [3.63, 3.8) is 0 Å². The molecule has 1 N–H and O–H groups in total. The Kier molecular flexibility index (Phi) is 3.01. The van der Waals surface area contributed by atoms with E-state index in [2.05, 4.69) is 56.2 Å². The summed E-state index contributed by atoms with van der Waals surface area (Å²) in [7, 11) is 1.70. The normalized spacial score (nSPS) is 11.0. The highest BCUT2D eigenvalue weighted by molar-refractivity contribution is 5.97. The van der Waals surface area contributed by atoms with Crippen LogP contribution >= 0.6 is 0 Å². The van der Waals surface area contributed by atoms with E-state index in [4.69, 9.17) is 4.74 Å². The molecule has 0 saturated heterocycles. The van der Waals surface area contributed by atoms with Crippen LogP contribution in [-0.4, -0.2) is 12.1 Å². The van der Waals surface area contributed by atoms with Gasteiger partial charge in [-0.05, 0) is 55.7 Å². The Bertz CT molecular complexity index is 760. The van der Waals surface area contributed by atoms with Gasteiger partial charge in [-0.3, -0.25) is 0 Å². The van der Waals surface area contributed by atoms with Gasteiger partial charge in [0.25, 0.3) is 0 Å². The van der Waals surface area contributed by atoms with Crippen LogP contribution in [0.25, 0.3) is 22.0 Å². The molecule has 2 nitrogen and oxygen atoms in total. The molecule has 102 valence electrons. The van der Waals surface area contributed by atoms with Gasteiger partial charge in [0, 0.05) is 22.7 Å². The molecular weight excluding hydrogens is 246 g/mol. The van der Waals surface area contributed by atoms with E-state index in [0.717, 1.165) is 11.3 Å². The van der Waals surface area contributed by atoms with Crippen LogP contribution in [0.4, 0.5) is 0 Å². The number of methoxy groups -OCH3 is 1. The number of hydrogen-bond acceptors (Lipinski definition) is 1. The van der Waals surface area contributed by atoms with Gasteiger partial charge < -0.3 is 9.72 Å². The van der Waals surface area contributed by atoms with E-state index in [-0.39, 0.29) is 0 Å². The predicted molar refractivity (Wildman–Crippen MR) is 84.5 cm³/mol. The lowest BCUT2D eigenvalue weighted by molar-refractivity contribution is 0.415. The minimum Gasteiger partial charge on any atom is -0.497 e. The maximum Gasteiger partial charge on any atom is 0.119 e. The quantitative estimate of drug-likeness (QED) is 0.709. The molecule has 1 heterocycles. The first-order valence-corrected chi connectivity index (χ1v) is 6.83. The third-order valence-electron chi connectivity index (χ3n) is 3.84. The monoisotopic (exact) mass is 265 g/mol. The minimum atomic E-state index is 0.890. The van der Waals surface area contributed by atoms with Crippen molar-refractivity contribution >= 4 is 10.9 Å². The highest BCUT2D eigenvalue weighted by Gasteiger charge is 2.12. The molecule has 0 atom stereocenters. The third-order valence-corrected chi connectivity index (χ3v) is 3.84. The summed E-state index contributed by atoms with van der Waals surface area (Å²) >= 11 is 0. The summed E-state index contributed by atoms with van der Waals surface area (Å²) < 4.78 is 5.35. The molecule has 0 aliphatic carbocycles. The number of rotatable bonds is 2. The third kappa shape index (κ3) is 1.97. The van der Waals surface area contributed by atoms with Crippen LogP contribution in [0.1, 0.15) is 16.7 Å². The Morgan fingerprint density at radius 1 is 0.950 bits per heavy atom. The highest BCUT2D eigenvalue weighted by Crippen LogP contribution is 2.35. The topological polar surface area (TPSA) is 25.0 Å². The maximum absolute atomic E-state index is 5.35. The summed E-state index contributed by atoms with van der Waals surface area (Å²) in [4.78, 5) is 3.35. The van der Waals surface area contributed by atoms with E-state index in [9.17, 15) is 0 Å². The number of benzene rings is 2. The van der Waals surface area contributed by atoms with Gasteiger partial charge in [0.15, 0.2) is 0 Å². The molecule has 1 aromatic heterocycles. The molecule has 0 fully saturated rings. The number of aryl methyl sites for hydroxylation is 3. The van der Waals surface area contributed by atoms with Gasteiger partial charge in [0.05, 0.1) is 7.11 Å². The number of ether oxygens (including phenoxy) is 1. The highest BCUT2D eigenvalue weighted by atomic mass is 16.5. The molecule has 3 rings (SSSR count). The van der Waals surface area contributed by atoms with Crippen molar-refractivity contribution in [2.24, 2.45) is 0 Å². The number of aromatic amines is 1. The van der Waals surface area contributed by atoms with Crippen molar-refractivity contribution in [1.29, 1.82) is 0 Å². The number of fused-ring (bicyclic) bond motifs is 1. The summed E-state index contributed by atoms with van der Waals surface area (Å²) in [6.45, 7) is 6.49. The SMILES string of the molecule is COc1ccc2[nH]cc(-c3c(C)cc(C)cc3C)c2c1. The smallest absolute Gasteiger partial charge is 0.119 e. The molecule has 2 heteroatoms. The lowest BCUT2D eigenvalue weighted by Crippen LogP contribution is -1.89. The van der Waals surface area contributed by atoms with E-state index in [1.165, 1.54) is 33.2 Å². The predicted octanol–water partition coefficient (Wildman–Crippen LogP) is 4.77. The van der Waals surface area contributed by atoms with Crippen molar-refractivity contribution in [2.45, 2.75) is 20.8 Å². The Hall–Kier alpha value is -2.22. The number of nitrogens with one attached hydrogen (secondary N) is 1. The Morgan fingerprint density at radius 3 is 2.30 bits per heavy atom. The van der Waals surface area contributed by atoms with Crippen molar-refractivity contribution in [2.75, 3.05) is 7.11 Å². The zero-order valence-corrected chi connectivity index (χ0v) is 12.4. The van der Waals surface area contributed by atoms with E-state index in [0.29, 0.717) is 0 Å². The van der Waals surface area contributed by atoms with E-state index >= 15 is 0 Å². The van der Waals surface area contributed by atoms with Gasteiger partial charge in [-0.1, -0.05) is 17.7 Å². The zero-order valence-electron chi connectivity index (χ0n) is 12.4. The molecule has 0 bridgehead atoms. The summed E-state index contributed by atoms with van der Waals surface area (Å²) in [6, 6.07) is 10.6. The first kappa shape index (κ1) is 12.8. The van der Waals surface area contributed by atoms with Crippen LogP contribution in [0.3, 0.4) is 0 Å². The second kappa shape index (κ2) is 4.71. The van der Waals surface area contributed by atoms with Crippen LogP contribution in [0.15, 0.2) is 36.5 Å². The summed E-state index contributed by atoms with van der Waals surface area (Å²) in [5, 5.41) is 1.21. The Labute approximate surface area is 119 Å². The zero-order chi connectivity index (χ0) is 14.3. The van der Waals surface area contributed by atoms with Crippen molar-refractivity contribution in [3.05, 3.63) is 53.2 Å². The largest absolute Gasteiger partial charge is 0.497 e. The molecule has 0 aliphatic heterocycles. The minimum absolute atomic E-state index is 0.890. The number of H-pyrrole nitrogens is 1. The summed E-state index contributed by atoms with van der Waals surface area (Å²) in [5.74, 6) is 0.890. The standard InChI is InChI=1S/C18H19NO/c1-11-7-12(2)18(13(3)8-11)16-10-19-17-6-5-14(20-4)9-15(16)17/h5-10,19H,1-4H3. The average Bonchev–Trinajstić information content (AvgIpc) is 2.80. The molecular formula is C18H19NO. The second-order valence-corrected chi connectivity index (χ2v) is 5.39. The molecule has 3 aromatic rings. The summed E-state index contributed by atoms with van der Waals surface area (Å²) in [5.41, 5.74) is 7.63. The first-order valence-electron chi connectivity index (χ1n) is 6.83. The Morgan fingerprint density at radius 2 is 1.65 bits per heavy atom. The molecule has 0 radical (unpaired) electrons. The van der Waals surface area contributed by atoms with Crippen LogP contribution in [0, 0.1) is 20.8 Å². The average molecular weight is 265 g/mol. The van der Waals surface area contributed by atoms with E-state index in [1.807, 2.05) is 6.07 Å². The second-order valence-electron chi connectivity index (χ2n) is 5.39. The van der Waals surface area contributed by atoms with Crippen LogP contribution < -0.4 is 4.74 Å². The summed E-state index contributed by atoms with van der Waals surface area (Å²) in [6.07, 6.45) is 2.09. The fourth-order valence-electron chi connectivity index (χ4n) is 3.04. The van der Waals surface area contributed by atoms with Gasteiger partial charge in [0.2, 0.25) is 0 Å². The molecule has 2 aromatic carbocycles. The lowest BCUT2D eigenvalue weighted by Gasteiger charge is -2.11.